The molecule has 1 N–H and O–H groups in total. The Morgan fingerprint density at radius 2 is 1.52 bits per heavy atom. The number of benzene rings is 3. The van der Waals surface area contributed by atoms with Crippen LogP contribution in [0.15, 0.2) is 77.7 Å². The first-order chi connectivity index (χ1) is 13.8. The summed E-state index contributed by atoms with van der Waals surface area (Å²) in [6, 6.07) is 20.5. The summed E-state index contributed by atoms with van der Waals surface area (Å²) in [4.78, 5) is 12.4. The Balaban J connectivity index is 1.68. The molecule has 29 heavy (non-hydrogen) atoms. The van der Waals surface area contributed by atoms with Crippen LogP contribution in [0, 0.1) is 6.92 Å². The second kappa shape index (κ2) is 8.68. The van der Waals surface area contributed by atoms with Crippen LogP contribution in [0.25, 0.3) is 0 Å². The molecule has 0 spiro atoms. The highest BCUT2D eigenvalue weighted by atomic mass is 35.5. The van der Waals surface area contributed by atoms with Crippen LogP contribution < -0.4 is 9.62 Å². The van der Waals surface area contributed by atoms with Gasteiger partial charge in [-0.3, -0.25) is 9.10 Å². The largest absolute Gasteiger partial charge is 0.326 e. The summed E-state index contributed by atoms with van der Waals surface area (Å²) in [5, 5.41) is 3.40. The molecule has 0 unspecified atom stereocenters. The van der Waals surface area contributed by atoms with E-state index in [-0.39, 0.29) is 17.2 Å². The lowest BCUT2D eigenvalue weighted by Crippen LogP contribution is -2.26. The van der Waals surface area contributed by atoms with Gasteiger partial charge in [-0.05, 0) is 61.0 Å². The van der Waals surface area contributed by atoms with Gasteiger partial charge in [-0.15, -0.1) is 0 Å². The van der Waals surface area contributed by atoms with Gasteiger partial charge in [0.15, 0.2) is 0 Å². The summed E-state index contributed by atoms with van der Waals surface area (Å²) < 4.78 is 26.8. The molecule has 5 nitrogen and oxygen atoms in total. The van der Waals surface area contributed by atoms with E-state index >= 15 is 0 Å². The first-order valence-corrected chi connectivity index (χ1v) is 10.8. The van der Waals surface area contributed by atoms with Crippen molar-refractivity contribution in [1.82, 2.24) is 0 Å². The number of anilines is 2. The van der Waals surface area contributed by atoms with Crippen LogP contribution in [0.2, 0.25) is 5.02 Å². The normalized spacial score (nSPS) is 11.1. The van der Waals surface area contributed by atoms with Gasteiger partial charge in [0.2, 0.25) is 5.91 Å². The molecule has 0 fully saturated rings. The molecule has 0 aliphatic carbocycles. The third-order valence-corrected chi connectivity index (χ3v) is 6.52. The quantitative estimate of drug-likeness (QED) is 0.621. The topological polar surface area (TPSA) is 66.5 Å². The van der Waals surface area contributed by atoms with E-state index in [9.17, 15) is 13.2 Å². The van der Waals surface area contributed by atoms with Crippen molar-refractivity contribution in [3.63, 3.8) is 0 Å². The Morgan fingerprint density at radius 3 is 2.10 bits per heavy atom. The maximum Gasteiger partial charge on any atom is 0.264 e. The van der Waals surface area contributed by atoms with Gasteiger partial charge in [-0.25, -0.2) is 8.42 Å². The van der Waals surface area contributed by atoms with Crippen LogP contribution in [0.5, 0.6) is 0 Å². The first-order valence-electron chi connectivity index (χ1n) is 8.96. The van der Waals surface area contributed by atoms with Gasteiger partial charge in [-0.2, -0.15) is 0 Å². The number of hydrogen-bond acceptors (Lipinski definition) is 3. The molecule has 0 atom stereocenters. The molecule has 0 bridgehead atoms. The SMILES string of the molecule is Cc1ccc(S(=O)(=O)N(C)c2ccc(CC(=O)Nc3ccc(Cl)cc3)cc2)cc1. The van der Waals surface area contributed by atoms with E-state index in [1.165, 1.54) is 11.4 Å². The number of hydrogen-bond donors (Lipinski definition) is 1. The number of rotatable bonds is 6. The fourth-order valence-electron chi connectivity index (χ4n) is 2.75. The summed E-state index contributed by atoms with van der Waals surface area (Å²) in [5.41, 5.74) is 2.96. The van der Waals surface area contributed by atoms with Crippen LogP contribution in [0.3, 0.4) is 0 Å². The van der Waals surface area contributed by atoms with Gasteiger partial charge in [-0.1, -0.05) is 41.4 Å². The zero-order valence-electron chi connectivity index (χ0n) is 16.1. The molecular formula is C22H21ClN2O3S. The predicted octanol–water partition coefficient (Wildman–Crippen LogP) is 4.65. The van der Waals surface area contributed by atoms with Crippen molar-refractivity contribution in [2.24, 2.45) is 0 Å². The molecule has 0 aliphatic rings. The lowest BCUT2D eigenvalue weighted by Gasteiger charge is -2.20. The minimum atomic E-state index is -3.65. The van der Waals surface area contributed by atoms with Crippen LogP contribution in [-0.2, 0) is 21.2 Å². The third-order valence-electron chi connectivity index (χ3n) is 4.47. The molecule has 0 saturated heterocycles. The Hall–Kier alpha value is -2.83. The van der Waals surface area contributed by atoms with Crippen LogP contribution in [0.4, 0.5) is 11.4 Å². The van der Waals surface area contributed by atoms with Crippen molar-refractivity contribution in [1.29, 1.82) is 0 Å². The average molecular weight is 429 g/mol. The average Bonchev–Trinajstić information content (AvgIpc) is 2.70. The lowest BCUT2D eigenvalue weighted by atomic mass is 10.1. The summed E-state index contributed by atoms with van der Waals surface area (Å²) in [7, 11) is -2.13. The smallest absolute Gasteiger partial charge is 0.264 e. The Morgan fingerprint density at radius 1 is 0.931 bits per heavy atom. The number of amides is 1. The van der Waals surface area contributed by atoms with Crippen molar-refractivity contribution in [2.45, 2.75) is 18.2 Å². The second-order valence-corrected chi connectivity index (χ2v) is 9.09. The fourth-order valence-corrected chi connectivity index (χ4v) is 4.08. The van der Waals surface area contributed by atoms with E-state index in [0.717, 1.165) is 11.1 Å². The Bertz CT molecular complexity index is 1090. The molecule has 3 aromatic carbocycles. The second-order valence-electron chi connectivity index (χ2n) is 6.68. The highest BCUT2D eigenvalue weighted by Gasteiger charge is 2.21. The number of carbonyl (C=O) groups is 1. The highest BCUT2D eigenvalue weighted by Crippen LogP contribution is 2.23. The lowest BCUT2D eigenvalue weighted by molar-refractivity contribution is -0.115. The third kappa shape index (κ3) is 5.16. The van der Waals surface area contributed by atoms with Crippen molar-refractivity contribution in [3.8, 4) is 0 Å². The molecule has 3 aromatic rings. The van der Waals surface area contributed by atoms with Gasteiger partial charge in [0.25, 0.3) is 10.0 Å². The first kappa shape index (κ1) is 20.9. The number of nitrogens with one attached hydrogen (secondary N) is 1. The fraction of sp³-hybridized carbons (Fsp3) is 0.136. The summed E-state index contributed by atoms with van der Waals surface area (Å²) in [6.07, 6.45) is 0.178. The van der Waals surface area contributed by atoms with Gasteiger partial charge < -0.3 is 5.32 Å². The molecule has 0 radical (unpaired) electrons. The standard InChI is InChI=1S/C22H21ClN2O3S/c1-16-3-13-21(14-4-16)29(27,28)25(2)20-11-5-17(6-12-20)15-22(26)24-19-9-7-18(23)8-10-19/h3-14H,15H2,1-2H3,(H,24,26). The maximum atomic E-state index is 12.8. The van der Waals surface area contributed by atoms with E-state index < -0.39 is 10.0 Å². The van der Waals surface area contributed by atoms with E-state index in [4.69, 9.17) is 11.6 Å². The molecular weight excluding hydrogens is 408 g/mol. The van der Waals surface area contributed by atoms with E-state index in [1.807, 2.05) is 6.92 Å². The minimum Gasteiger partial charge on any atom is -0.326 e. The van der Waals surface area contributed by atoms with Crippen molar-refractivity contribution >= 4 is 38.9 Å². The Kier molecular flexibility index (Phi) is 6.25. The van der Waals surface area contributed by atoms with Crippen LogP contribution >= 0.6 is 11.6 Å². The molecule has 1 amide bonds. The molecule has 0 aliphatic heterocycles. The minimum absolute atomic E-state index is 0.166. The van der Waals surface area contributed by atoms with Crippen LogP contribution in [0.1, 0.15) is 11.1 Å². The van der Waals surface area contributed by atoms with E-state index in [0.29, 0.717) is 16.4 Å². The van der Waals surface area contributed by atoms with Crippen LogP contribution in [-0.4, -0.2) is 21.4 Å². The molecule has 150 valence electrons. The van der Waals surface area contributed by atoms with Gasteiger partial charge in [0, 0.05) is 17.8 Å². The van der Waals surface area contributed by atoms with Crippen molar-refractivity contribution in [3.05, 3.63) is 88.9 Å². The van der Waals surface area contributed by atoms with Crippen molar-refractivity contribution < 1.29 is 13.2 Å². The highest BCUT2D eigenvalue weighted by molar-refractivity contribution is 7.92. The summed E-state index contributed by atoms with van der Waals surface area (Å²) in [5.74, 6) is -0.166. The van der Waals surface area contributed by atoms with Gasteiger partial charge >= 0.3 is 0 Å². The number of sulfonamides is 1. The van der Waals surface area contributed by atoms with Crippen molar-refractivity contribution in [2.75, 3.05) is 16.7 Å². The summed E-state index contributed by atoms with van der Waals surface area (Å²) >= 11 is 5.84. The predicted molar refractivity (Wildman–Crippen MR) is 117 cm³/mol. The molecule has 0 aromatic heterocycles. The summed E-state index contributed by atoms with van der Waals surface area (Å²) in [6.45, 7) is 1.90. The van der Waals surface area contributed by atoms with Gasteiger partial charge in [0.05, 0.1) is 17.0 Å². The molecule has 3 rings (SSSR count). The van der Waals surface area contributed by atoms with E-state index in [2.05, 4.69) is 5.32 Å². The zero-order valence-corrected chi connectivity index (χ0v) is 17.7. The Labute approximate surface area is 176 Å². The molecule has 0 saturated carbocycles. The number of halogens is 1. The molecule has 0 heterocycles. The number of carbonyl (C=O) groups excluding carboxylic acids is 1. The van der Waals surface area contributed by atoms with Gasteiger partial charge in [0.1, 0.15) is 0 Å². The zero-order chi connectivity index (χ0) is 21.0. The maximum absolute atomic E-state index is 12.8. The number of aryl methyl sites for hydroxylation is 1. The number of nitrogens with zero attached hydrogens (tertiary/aromatic N) is 1. The molecule has 7 heteroatoms. The monoisotopic (exact) mass is 428 g/mol. The van der Waals surface area contributed by atoms with E-state index in [1.54, 1.807) is 72.8 Å².